The van der Waals surface area contributed by atoms with Gasteiger partial charge in [-0.05, 0) is 43.5 Å². The molecule has 0 amide bonds. The van der Waals surface area contributed by atoms with Crippen molar-refractivity contribution in [2.24, 2.45) is 11.5 Å². The minimum absolute atomic E-state index is 0.146. The highest BCUT2D eigenvalue weighted by Crippen LogP contribution is 2.35. The molecule has 0 saturated carbocycles. The van der Waals surface area contributed by atoms with Crippen LogP contribution in [0.3, 0.4) is 0 Å². The quantitative estimate of drug-likeness (QED) is 0.776. The van der Waals surface area contributed by atoms with Crippen LogP contribution < -0.4 is 11.5 Å². The normalized spacial score (nSPS) is 28.0. The maximum absolute atomic E-state index is 6.35. The van der Waals surface area contributed by atoms with Crippen LogP contribution in [0, 0.1) is 13.8 Å². The number of allylic oxidation sites excluding steroid dienone is 1. The van der Waals surface area contributed by atoms with Gasteiger partial charge in [0.2, 0.25) is 0 Å². The van der Waals surface area contributed by atoms with Crippen molar-refractivity contribution < 1.29 is 0 Å². The maximum atomic E-state index is 6.35. The molecule has 4 N–H and O–H groups in total. The van der Waals surface area contributed by atoms with Crippen molar-refractivity contribution in [3.8, 4) is 0 Å². The van der Waals surface area contributed by atoms with Crippen LogP contribution in [0.2, 0.25) is 0 Å². The van der Waals surface area contributed by atoms with Crippen molar-refractivity contribution in [2.45, 2.75) is 32.2 Å². The first-order chi connectivity index (χ1) is 7.92. The third kappa shape index (κ3) is 2.13. The molecule has 0 aromatic heterocycles. The number of nitrogens with two attached hydrogens (primary N) is 2. The van der Waals surface area contributed by atoms with Crippen molar-refractivity contribution in [3.05, 3.63) is 58.8 Å². The zero-order valence-electron chi connectivity index (χ0n) is 10.7. The van der Waals surface area contributed by atoms with Crippen LogP contribution in [-0.4, -0.2) is 5.54 Å². The highest BCUT2D eigenvalue weighted by Gasteiger charge is 2.30. The highest BCUT2D eigenvalue weighted by molar-refractivity contribution is 5.44. The van der Waals surface area contributed by atoms with E-state index in [2.05, 4.69) is 38.1 Å². The van der Waals surface area contributed by atoms with Gasteiger partial charge in [-0.2, -0.15) is 0 Å². The predicted octanol–water partition coefficient (Wildman–Crippen LogP) is 2.52. The Bertz CT molecular complexity index is 496. The fourth-order valence-electron chi connectivity index (χ4n) is 2.34. The molecular formula is C15H20N2. The first-order valence-corrected chi connectivity index (χ1v) is 5.93. The number of hydrogen-bond donors (Lipinski definition) is 2. The van der Waals surface area contributed by atoms with Crippen LogP contribution in [-0.2, 0) is 0 Å². The third-order valence-electron chi connectivity index (χ3n) is 3.65. The van der Waals surface area contributed by atoms with Gasteiger partial charge in [-0.15, -0.1) is 0 Å². The van der Waals surface area contributed by atoms with Crippen LogP contribution in [0.25, 0.3) is 0 Å². The first-order valence-electron chi connectivity index (χ1n) is 5.93. The second-order valence-electron chi connectivity index (χ2n) is 5.13. The summed E-state index contributed by atoms with van der Waals surface area (Å²) in [7, 11) is 0. The Kier molecular flexibility index (Phi) is 2.84. The molecule has 2 heteroatoms. The van der Waals surface area contributed by atoms with E-state index in [1.54, 1.807) is 0 Å². The molecule has 90 valence electrons. The molecule has 0 fully saturated rings. The van der Waals surface area contributed by atoms with E-state index < -0.39 is 0 Å². The monoisotopic (exact) mass is 228 g/mol. The molecule has 2 nitrogen and oxygen atoms in total. The van der Waals surface area contributed by atoms with Crippen molar-refractivity contribution in [1.82, 2.24) is 0 Å². The molecule has 1 aromatic carbocycles. The van der Waals surface area contributed by atoms with Crippen LogP contribution in [0.4, 0.5) is 0 Å². The number of hydrogen-bond acceptors (Lipinski definition) is 2. The zero-order chi connectivity index (χ0) is 12.6. The van der Waals surface area contributed by atoms with E-state index in [0.29, 0.717) is 0 Å². The van der Waals surface area contributed by atoms with Gasteiger partial charge >= 0.3 is 0 Å². The van der Waals surface area contributed by atoms with Gasteiger partial charge in [-0.3, -0.25) is 0 Å². The van der Waals surface area contributed by atoms with Gasteiger partial charge in [-0.25, -0.2) is 0 Å². The third-order valence-corrected chi connectivity index (χ3v) is 3.65. The molecule has 17 heavy (non-hydrogen) atoms. The average molecular weight is 228 g/mol. The minimum Gasteiger partial charge on any atom is -0.399 e. The van der Waals surface area contributed by atoms with Crippen molar-refractivity contribution in [1.29, 1.82) is 0 Å². The van der Waals surface area contributed by atoms with Gasteiger partial charge in [-0.1, -0.05) is 30.4 Å². The summed E-state index contributed by atoms with van der Waals surface area (Å²) in [6.45, 7) is 6.31. The molecule has 2 atom stereocenters. The summed E-state index contributed by atoms with van der Waals surface area (Å²) in [4.78, 5) is 0. The van der Waals surface area contributed by atoms with Crippen LogP contribution >= 0.6 is 0 Å². The Morgan fingerprint density at radius 1 is 1.24 bits per heavy atom. The number of aryl methyl sites for hydroxylation is 1. The van der Waals surface area contributed by atoms with Gasteiger partial charge in [0.05, 0.1) is 0 Å². The smallest absolute Gasteiger partial charge is 0.0419 e. The first kappa shape index (κ1) is 11.9. The lowest BCUT2D eigenvalue weighted by molar-refractivity contribution is 0.514. The van der Waals surface area contributed by atoms with Crippen molar-refractivity contribution in [3.63, 3.8) is 0 Å². The molecule has 1 aliphatic rings. The van der Waals surface area contributed by atoms with Crippen LogP contribution in [0.15, 0.2) is 42.1 Å². The van der Waals surface area contributed by atoms with Crippen molar-refractivity contribution >= 4 is 0 Å². The molecule has 0 bridgehead atoms. The molecule has 0 spiro atoms. The van der Waals surface area contributed by atoms with E-state index >= 15 is 0 Å². The molecule has 0 aliphatic heterocycles. The largest absolute Gasteiger partial charge is 0.399 e. The number of rotatable bonds is 1. The summed E-state index contributed by atoms with van der Waals surface area (Å²) in [5.41, 5.74) is 16.5. The van der Waals surface area contributed by atoms with E-state index in [0.717, 1.165) is 5.70 Å². The lowest BCUT2D eigenvalue weighted by atomic mass is 9.76. The van der Waals surface area contributed by atoms with Crippen LogP contribution in [0.1, 0.15) is 29.5 Å². The van der Waals surface area contributed by atoms with E-state index in [1.165, 1.54) is 16.7 Å². The van der Waals surface area contributed by atoms with E-state index in [1.807, 2.05) is 19.1 Å². The second kappa shape index (κ2) is 4.04. The Morgan fingerprint density at radius 2 is 1.94 bits per heavy atom. The standard InChI is InChI=1S/C15H20N2/c1-10-5-4-6-13(11(10)2)14-9-12(16)7-8-15(14,3)17/h4-9,14H,16-17H2,1-3H3. The van der Waals surface area contributed by atoms with Gasteiger partial charge in [0.25, 0.3) is 0 Å². The Balaban J connectivity index is 2.52. The van der Waals surface area contributed by atoms with Gasteiger partial charge < -0.3 is 11.5 Å². The molecule has 1 aromatic rings. The molecule has 0 saturated heterocycles. The second-order valence-corrected chi connectivity index (χ2v) is 5.13. The topological polar surface area (TPSA) is 52.0 Å². The fourth-order valence-corrected chi connectivity index (χ4v) is 2.34. The number of benzene rings is 1. The molecule has 2 rings (SSSR count). The summed E-state index contributed by atoms with van der Waals surface area (Å²) in [6, 6.07) is 6.34. The molecule has 1 aliphatic carbocycles. The summed E-state index contributed by atoms with van der Waals surface area (Å²) in [6.07, 6.45) is 5.94. The Labute approximate surface area is 103 Å². The molecular weight excluding hydrogens is 208 g/mol. The van der Waals surface area contributed by atoms with Gasteiger partial charge in [0.1, 0.15) is 0 Å². The molecule has 2 unspecified atom stereocenters. The summed E-state index contributed by atoms with van der Waals surface area (Å²) < 4.78 is 0. The SMILES string of the molecule is Cc1cccc(C2C=C(N)C=CC2(C)N)c1C. The average Bonchev–Trinajstić information content (AvgIpc) is 2.26. The van der Waals surface area contributed by atoms with Crippen LogP contribution in [0.5, 0.6) is 0 Å². The zero-order valence-corrected chi connectivity index (χ0v) is 10.7. The van der Waals surface area contributed by atoms with E-state index in [9.17, 15) is 0 Å². The highest BCUT2D eigenvalue weighted by atomic mass is 14.7. The Morgan fingerprint density at radius 3 is 2.65 bits per heavy atom. The van der Waals surface area contributed by atoms with Gasteiger partial charge in [0, 0.05) is 17.2 Å². The van der Waals surface area contributed by atoms with Crippen molar-refractivity contribution in [2.75, 3.05) is 0 Å². The lowest BCUT2D eigenvalue weighted by Crippen LogP contribution is -2.42. The Hall–Kier alpha value is -1.54. The molecule has 0 heterocycles. The maximum Gasteiger partial charge on any atom is 0.0419 e. The summed E-state index contributed by atoms with van der Waals surface area (Å²) in [5.74, 6) is 0.146. The molecule has 0 radical (unpaired) electrons. The summed E-state index contributed by atoms with van der Waals surface area (Å²) in [5, 5.41) is 0. The van der Waals surface area contributed by atoms with E-state index in [4.69, 9.17) is 11.5 Å². The minimum atomic E-state index is -0.374. The van der Waals surface area contributed by atoms with E-state index in [-0.39, 0.29) is 11.5 Å². The predicted molar refractivity (Wildman–Crippen MR) is 72.7 cm³/mol. The fraction of sp³-hybridized carbons (Fsp3) is 0.333. The van der Waals surface area contributed by atoms with Gasteiger partial charge in [0.15, 0.2) is 0 Å². The summed E-state index contributed by atoms with van der Waals surface area (Å²) >= 11 is 0. The lowest BCUT2D eigenvalue weighted by Gasteiger charge is -2.33.